The minimum atomic E-state index is -4.03. The average molecular weight is 297 g/mol. The van der Waals surface area contributed by atoms with Crippen LogP contribution in [-0.2, 0) is 18.5 Å². The molecule has 0 N–H and O–H groups in total. The predicted octanol–water partition coefficient (Wildman–Crippen LogP) is 1.56. The topological polar surface area (TPSA) is 69.7 Å². The second-order valence-electron chi connectivity index (χ2n) is 3.21. The molecule has 0 radical (unpaired) electrons. The first-order chi connectivity index (χ1) is 8.36. The highest BCUT2D eigenvalue weighted by Crippen LogP contribution is 2.19. The fourth-order valence-corrected chi connectivity index (χ4v) is 1.89. The third-order valence-electron chi connectivity index (χ3n) is 1.96. The molecule has 1 aromatic carbocycles. The lowest BCUT2D eigenvalue weighted by molar-refractivity contribution is 0.0383. The Bertz CT molecular complexity index is 543. The van der Waals surface area contributed by atoms with E-state index < -0.39 is 26.4 Å². The number of rotatable bonds is 5. The third kappa shape index (κ3) is 3.94. The molecule has 0 aliphatic heterocycles. The summed E-state index contributed by atoms with van der Waals surface area (Å²) in [6, 6.07) is 2.62. The fraction of sp³-hybridized carbons (Fsp3) is 0.300. The molecule has 0 unspecified atom stereocenters. The van der Waals surface area contributed by atoms with Crippen LogP contribution in [0.5, 0.6) is 0 Å². The van der Waals surface area contributed by atoms with Crippen molar-refractivity contribution in [1.82, 2.24) is 0 Å². The number of esters is 1. The molecule has 0 aromatic heterocycles. The Labute approximate surface area is 108 Å². The molecule has 0 atom stereocenters. The van der Waals surface area contributed by atoms with E-state index in [1.165, 1.54) is 7.11 Å². The van der Waals surface area contributed by atoms with Crippen molar-refractivity contribution in [2.24, 2.45) is 0 Å². The van der Waals surface area contributed by atoms with Crippen molar-refractivity contribution in [3.63, 3.8) is 0 Å². The molecule has 8 heteroatoms. The van der Waals surface area contributed by atoms with Gasteiger partial charge in [-0.2, -0.15) is 0 Å². The van der Waals surface area contributed by atoms with Gasteiger partial charge >= 0.3 is 5.97 Å². The van der Waals surface area contributed by atoms with Crippen LogP contribution in [0.4, 0.5) is 4.39 Å². The summed E-state index contributed by atoms with van der Waals surface area (Å²) in [5.74, 6) is -1.87. The van der Waals surface area contributed by atoms with Crippen molar-refractivity contribution in [1.29, 1.82) is 0 Å². The zero-order valence-corrected chi connectivity index (χ0v) is 10.9. The van der Waals surface area contributed by atoms with E-state index >= 15 is 0 Å². The first-order valence-corrected chi connectivity index (χ1v) is 7.07. The molecular formula is C10H10ClFO5S. The Balaban J connectivity index is 2.97. The summed E-state index contributed by atoms with van der Waals surface area (Å²) in [7, 11) is 2.48. The largest absolute Gasteiger partial charge is 0.460 e. The van der Waals surface area contributed by atoms with Gasteiger partial charge in [0.25, 0.3) is 9.05 Å². The summed E-state index contributed by atoms with van der Waals surface area (Å²) in [6.45, 7) is 0.0908. The zero-order chi connectivity index (χ0) is 13.8. The summed E-state index contributed by atoms with van der Waals surface area (Å²) in [5.41, 5.74) is -0.493. The second-order valence-corrected chi connectivity index (χ2v) is 5.77. The number of hydrogen-bond donors (Lipinski definition) is 0. The van der Waals surface area contributed by atoms with Gasteiger partial charge in [0.05, 0.1) is 17.1 Å². The van der Waals surface area contributed by atoms with Crippen LogP contribution in [0, 0.1) is 5.82 Å². The quantitative estimate of drug-likeness (QED) is 0.468. The van der Waals surface area contributed by atoms with Crippen LogP contribution in [0.1, 0.15) is 10.4 Å². The number of carbonyl (C=O) groups is 1. The highest BCUT2D eigenvalue weighted by atomic mass is 35.7. The van der Waals surface area contributed by atoms with Gasteiger partial charge in [-0.1, -0.05) is 0 Å². The van der Waals surface area contributed by atoms with Gasteiger partial charge in [0.2, 0.25) is 0 Å². The number of benzene rings is 1. The van der Waals surface area contributed by atoms with Gasteiger partial charge in [-0.3, -0.25) is 0 Å². The zero-order valence-electron chi connectivity index (χ0n) is 9.35. The molecule has 100 valence electrons. The number of ether oxygens (including phenoxy) is 2. The standard InChI is InChI=1S/C10H10ClFO5S/c1-16-4-5-17-10(13)8-6-7(18(11,14)15)2-3-9(8)12/h2-3,6H,4-5H2,1H3. The van der Waals surface area contributed by atoms with E-state index in [4.69, 9.17) is 10.7 Å². The molecule has 18 heavy (non-hydrogen) atoms. The molecule has 5 nitrogen and oxygen atoms in total. The monoisotopic (exact) mass is 296 g/mol. The van der Waals surface area contributed by atoms with Crippen LogP contribution in [0.25, 0.3) is 0 Å². The second kappa shape index (κ2) is 6.12. The Morgan fingerprint density at radius 1 is 1.39 bits per heavy atom. The van der Waals surface area contributed by atoms with Gasteiger partial charge in [-0.15, -0.1) is 0 Å². The van der Waals surface area contributed by atoms with E-state index in [9.17, 15) is 17.6 Å². The first kappa shape index (κ1) is 14.9. The highest BCUT2D eigenvalue weighted by Gasteiger charge is 2.18. The smallest absolute Gasteiger partial charge is 0.341 e. The van der Waals surface area contributed by atoms with Crippen molar-refractivity contribution in [2.75, 3.05) is 20.3 Å². The van der Waals surface area contributed by atoms with Gasteiger partial charge in [0.1, 0.15) is 12.4 Å². The first-order valence-electron chi connectivity index (χ1n) is 4.76. The number of halogens is 2. The molecule has 0 aliphatic rings. The maximum absolute atomic E-state index is 13.3. The Kier molecular flexibility index (Phi) is 5.06. The van der Waals surface area contributed by atoms with E-state index in [1.54, 1.807) is 0 Å². The van der Waals surface area contributed by atoms with E-state index in [0.717, 1.165) is 18.2 Å². The summed E-state index contributed by atoms with van der Waals surface area (Å²) < 4.78 is 44.8. The highest BCUT2D eigenvalue weighted by molar-refractivity contribution is 8.13. The Morgan fingerprint density at radius 2 is 2.06 bits per heavy atom. The van der Waals surface area contributed by atoms with Gasteiger partial charge in [-0.05, 0) is 18.2 Å². The average Bonchev–Trinajstić information content (AvgIpc) is 2.28. The molecule has 0 amide bonds. The van der Waals surface area contributed by atoms with Crippen molar-refractivity contribution in [3.05, 3.63) is 29.6 Å². The van der Waals surface area contributed by atoms with Crippen LogP contribution in [0.15, 0.2) is 23.1 Å². The van der Waals surface area contributed by atoms with Crippen LogP contribution in [0.2, 0.25) is 0 Å². The number of carbonyl (C=O) groups excluding carboxylic acids is 1. The SMILES string of the molecule is COCCOC(=O)c1cc(S(=O)(=O)Cl)ccc1F. The minimum absolute atomic E-state index is 0.0629. The number of methoxy groups -OCH3 is 1. The number of hydrogen-bond acceptors (Lipinski definition) is 5. The lowest BCUT2D eigenvalue weighted by Crippen LogP contribution is -2.12. The van der Waals surface area contributed by atoms with E-state index in [-0.39, 0.29) is 18.1 Å². The summed E-state index contributed by atoms with van der Waals surface area (Å²) in [6.07, 6.45) is 0. The summed E-state index contributed by atoms with van der Waals surface area (Å²) in [5, 5.41) is 0. The molecule has 1 aromatic rings. The molecule has 0 heterocycles. The third-order valence-corrected chi connectivity index (χ3v) is 3.31. The normalized spacial score (nSPS) is 11.3. The lowest BCUT2D eigenvalue weighted by Gasteiger charge is -2.06. The van der Waals surface area contributed by atoms with Gasteiger partial charge in [-0.25, -0.2) is 17.6 Å². The van der Waals surface area contributed by atoms with Crippen molar-refractivity contribution in [2.45, 2.75) is 4.90 Å². The van der Waals surface area contributed by atoms with E-state index in [2.05, 4.69) is 9.47 Å². The Morgan fingerprint density at radius 3 is 2.61 bits per heavy atom. The Hall–Kier alpha value is -1.18. The molecule has 0 spiro atoms. The van der Waals surface area contributed by atoms with Gasteiger partial charge < -0.3 is 9.47 Å². The van der Waals surface area contributed by atoms with E-state index in [0.29, 0.717) is 0 Å². The molecule has 0 bridgehead atoms. The van der Waals surface area contributed by atoms with Gasteiger partial charge in [0, 0.05) is 17.8 Å². The van der Waals surface area contributed by atoms with Crippen LogP contribution >= 0.6 is 10.7 Å². The summed E-state index contributed by atoms with van der Waals surface area (Å²) in [4.78, 5) is 11.1. The molecular weight excluding hydrogens is 287 g/mol. The maximum Gasteiger partial charge on any atom is 0.341 e. The maximum atomic E-state index is 13.3. The lowest BCUT2D eigenvalue weighted by atomic mass is 10.2. The summed E-state index contributed by atoms with van der Waals surface area (Å²) >= 11 is 0. The molecule has 0 saturated heterocycles. The van der Waals surface area contributed by atoms with Crippen molar-refractivity contribution >= 4 is 25.7 Å². The van der Waals surface area contributed by atoms with Crippen LogP contribution in [0.3, 0.4) is 0 Å². The van der Waals surface area contributed by atoms with Crippen LogP contribution in [-0.4, -0.2) is 34.7 Å². The molecule has 0 saturated carbocycles. The van der Waals surface area contributed by atoms with Crippen molar-refractivity contribution < 1.29 is 27.1 Å². The minimum Gasteiger partial charge on any atom is -0.460 e. The van der Waals surface area contributed by atoms with Crippen LogP contribution < -0.4 is 0 Å². The fourth-order valence-electron chi connectivity index (χ4n) is 1.11. The van der Waals surface area contributed by atoms with Crippen molar-refractivity contribution in [3.8, 4) is 0 Å². The predicted molar refractivity (Wildman–Crippen MR) is 61.6 cm³/mol. The van der Waals surface area contributed by atoms with Gasteiger partial charge in [0.15, 0.2) is 0 Å². The molecule has 0 fully saturated rings. The molecule has 0 aliphatic carbocycles. The molecule has 1 rings (SSSR count). The van der Waals surface area contributed by atoms with E-state index in [1.807, 2.05) is 0 Å².